The Balaban J connectivity index is 1.69. The maximum Gasteiger partial charge on any atom is 0.315 e. The topological polar surface area (TPSA) is 87.6 Å². The number of H-pyrrole nitrogens is 1. The summed E-state index contributed by atoms with van der Waals surface area (Å²) in [5.74, 6) is 0.306. The van der Waals surface area contributed by atoms with E-state index in [1.807, 2.05) is 24.6 Å². The van der Waals surface area contributed by atoms with Crippen molar-refractivity contribution in [2.75, 3.05) is 6.54 Å². The lowest BCUT2D eigenvalue weighted by molar-refractivity contribution is 0.238. The molecule has 2 aromatic rings. The van der Waals surface area contributed by atoms with Crippen molar-refractivity contribution >= 4 is 6.03 Å². The Kier molecular flexibility index (Phi) is 4.97. The summed E-state index contributed by atoms with van der Waals surface area (Å²) in [6, 6.07) is 3.70. The predicted octanol–water partition coefficient (Wildman–Crippen LogP) is 1.36. The van der Waals surface area contributed by atoms with Crippen LogP contribution < -0.4 is 10.6 Å². The van der Waals surface area contributed by atoms with Crippen LogP contribution in [0.5, 0.6) is 0 Å². The molecule has 0 aromatic carbocycles. The molecule has 7 nitrogen and oxygen atoms in total. The Morgan fingerprint density at radius 2 is 2.24 bits per heavy atom. The van der Waals surface area contributed by atoms with Crippen LogP contribution in [-0.2, 0) is 13.1 Å². The van der Waals surface area contributed by atoms with E-state index >= 15 is 0 Å². The SMILES string of the molecule is Cc1cc(C)n(C[C@@H](C)CNC(=O)NCc2ccn[nH]2)n1. The minimum atomic E-state index is -0.176. The van der Waals surface area contributed by atoms with E-state index in [0.29, 0.717) is 19.0 Å². The molecule has 0 aliphatic carbocycles. The normalized spacial score (nSPS) is 12.1. The van der Waals surface area contributed by atoms with Crippen LogP contribution in [-0.4, -0.2) is 32.6 Å². The molecule has 2 heterocycles. The molecule has 0 fully saturated rings. The summed E-state index contributed by atoms with van der Waals surface area (Å²) >= 11 is 0. The maximum atomic E-state index is 11.7. The second-order valence-corrected chi connectivity index (χ2v) is 5.36. The van der Waals surface area contributed by atoms with Crippen molar-refractivity contribution in [2.45, 2.75) is 33.9 Å². The molecule has 0 aliphatic rings. The second-order valence-electron chi connectivity index (χ2n) is 5.36. The fourth-order valence-corrected chi connectivity index (χ4v) is 2.11. The van der Waals surface area contributed by atoms with Gasteiger partial charge in [0.2, 0.25) is 0 Å². The molecule has 0 unspecified atom stereocenters. The highest BCUT2D eigenvalue weighted by Gasteiger charge is 2.09. The van der Waals surface area contributed by atoms with Gasteiger partial charge in [-0.2, -0.15) is 10.2 Å². The first kappa shape index (κ1) is 15.1. The van der Waals surface area contributed by atoms with Crippen LogP contribution in [0.25, 0.3) is 0 Å². The van der Waals surface area contributed by atoms with E-state index in [1.165, 1.54) is 0 Å². The summed E-state index contributed by atoms with van der Waals surface area (Å²) in [6.45, 7) is 7.95. The summed E-state index contributed by atoms with van der Waals surface area (Å²) in [4.78, 5) is 11.7. The van der Waals surface area contributed by atoms with Crippen molar-refractivity contribution in [3.8, 4) is 0 Å². The minimum Gasteiger partial charge on any atom is -0.338 e. The fraction of sp³-hybridized carbons (Fsp3) is 0.500. The highest BCUT2D eigenvalue weighted by atomic mass is 16.2. The first-order valence-corrected chi connectivity index (χ1v) is 7.05. The number of amides is 2. The molecule has 0 radical (unpaired) electrons. The molecule has 0 spiro atoms. The number of hydrogen-bond acceptors (Lipinski definition) is 3. The smallest absolute Gasteiger partial charge is 0.315 e. The van der Waals surface area contributed by atoms with Gasteiger partial charge < -0.3 is 10.6 Å². The molecule has 0 bridgehead atoms. The summed E-state index contributed by atoms with van der Waals surface area (Å²) in [5.41, 5.74) is 3.04. The summed E-state index contributed by atoms with van der Waals surface area (Å²) in [5, 5.41) is 16.7. The van der Waals surface area contributed by atoms with E-state index in [4.69, 9.17) is 0 Å². The largest absolute Gasteiger partial charge is 0.338 e. The average molecular weight is 290 g/mol. The number of hydrogen-bond donors (Lipinski definition) is 3. The lowest BCUT2D eigenvalue weighted by atomic mass is 10.2. The standard InChI is InChI=1S/C14H22N6O/c1-10(9-20-12(3)6-11(2)19-20)7-15-14(21)16-8-13-4-5-17-18-13/h4-6,10H,7-9H2,1-3H3,(H,17,18)(H2,15,16,21)/t10-/m0/s1. The van der Waals surface area contributed by atoms with Crippen molar-refractivity contribution in [2.24, 2.45) is 5.92 Å². The Morgan fingerprint density at radius 1 is 1.43 bits per heavy atom. The summed E-state index contributed by atoms with van der Waals surface area (Å²) < 4.78 is 1.98. The van der Waals surface area contributed by atoms with Crippen LogP contribution in [0, 0.1) is 19.8 Å². The lowest BCUT2D eigenvalue weighted by Crippen LogP contribution is -2.38. The predicted molar refractivity (Wildman–Crippen MR) is 79.7 cm³/mol. The average Bonchev–Trinajstić information content (AvgIpc) is 3.04. The molecule has 7 heteroatoms. The van der Waals surface area contributed by atoms with E-state index in [2.05, 4.69) is 38.9 Å². The van der Waals surface area contributed by atoms with Gasteiger partial charge in [0.25, 0.3) is 0 Å². The van der Waals surface area contributed by atoms with Gasteiger partial charge in [0.05, 0.1) is 17.9 Å². The Bertz CT molecular complexity index is 574. The van der Waals surface area contributed by atoms with Gasteiger partial charge in [0, 0.05) is 25.0 Å². The van der Waals surface area contributed by atoms with Gasteiger partial charge in [-0.25, -0.2) is 4.79 Å². The molecule has 0 saturated heterocycles. The molecule has 2 amide bonds. The number of aromatic nitrogens is 4. The molecule has 2 aromatic heterocycles. The fourth-order valence-electron chi connectivity index (χ4n) is 2.11. The summed E-state index contributed by atoms with van der Waals surface area (Å²) in [6.07, 6.45) is 1.66. The molecule has 3 N–H and O–H groups in total. The second kappa shape index (κ2) is 6.92. The van der Waals surface area contributed by atoms with Crippen LogP contribution in [0.2, 0.25) is 0 Å². The lowest BCUT2D eigenvalue weighted by Gasteiger charge is -2.14. The highest BCUT2D eigenvalue weighted by Crippen LogP contribution is 2.05. The molecule has 1 atom stereocenters. The van der Waals surface area contributed by atoms with Crippen LogP contribution in [0.4, 0.5) is 4.79 Å². The molecular weight excluding hydrogens is 268 g/mol. The zero-order valence-corrected chi connectivity index (χ0v) is 12.7. The Labute approximate surface area is 124 Å². The molecule has 114 valence electrons. The third kappa shape index (κ3) is 4.62. The van der Waals surface area contributed by atoms with Crippen molar-refractivity contribution < 1.29 is 4.79 Å². The molecule has 0 aliphatic heterocycles. The van der Waals surface area contributed by atoms with Crippen LogP contribution in [0.1, 0.15) is 24.0 Å². The number of urea groups is 1. The minimum absolute atomic E-state index is 0.176. The highest BCUT2D eigenvalue weighted by molar-refractivity contribution is 5.73. The Morgan fingerprint density at radius 3 is 2.86 bits per heavy atom. The number of carbonyl (C=O) groups is 1. The Hall–Kier alpha value is -2.31. The number of aryl methyl sites for hydroxylation is 2. The quantitative estimate of drug-likeness (QED) is 0.750. The molecule has 0 saturated carbocycles. The first-order chi connectivity index (χ1) is 10.0. The maximum absolute atomic E-state index is 11.7. The zero-order chi connectivity index (χ0) is 15.2. The van der Waals surface area contributed by atoms with Gasteiger partial charge in [-0.05, 0) is 31.9 Å². The van der Waals surface area contributed by atoms with Crippen LogP contribution in [0.3, 0.4) is 0 Å². The number of nitrogens with zero attached hydrogens (tertiary/aromatic N) is 3. The summed E-state index contributed by atoms with van der Waals surface area (Å²) in [7, 11) is 0. The van der Waals surface area contributed by atoms with Gasteiger partial charge in [0.1, 0.15) is 0 Å². The third-order valence-electron chi connectivity index (χ3n) is 3.20. The number of rotatable bonds is 6. The van der Waals surface area contributed by atoms with Crippen LogP contribution >= 0.6 is 0 Å². The van der Waals surface area contributed by atoms with Crippen molar-refractivity contribution in [1.82, 2.24) is 30.6 Å². The number of carbonyl (C=O) groups excluding carboxylic acids is 1. The van der Waals surface area contributed by atoms with Gasteiger partial charge in [-0.1, -0.05) is 6.92 Å². The molecule has 2 rings (SSSR count). The number of nitrogens with one attached hydrogen (secondary N) is 3. The van der Waals surface area contributed by atoms with Crippen molar-refractivity contribution in [3.63, 3.8) is 0 Å². The van der Waals surface area contributed by atoms with E-state index in [0.717, 1.165) is 23.6 Å². The van der Waals surface area contributed by atoms with Crippen LogP contribution in [0.15, 0.2) is 18.3 Å². The van der Waals surface area contributed by atoms with Gasteiger partial charge >= 0.3 is 6.03 Å². The first-order valence-electron chi connectivity index (χ1n) is 7.05. The van der Waals surface area contributed by atoms with E-state index in [-0.39, 0.29) is 6.03 Å². The van der Waals surface area contributed by atoms with Crippen molar-refractivity contribution in [3.05, 3.63) is 35.4 Å². The van der Waals surface area contributed by atoms with E-state index < -0.39 is 0 Å². The van der Waals surface area contributed by atoms with Gasteiger partial charge in [-0.15, -0.1) is 0 Å². The molecular formula is C14H22N6O. The van der Waals surface area contributed by atoms with E-state index in [1.54, 1.807) is 6.20 Å². The monoisotopic (exact) mass is 290 g/mol. The van der Waals surface area contributed by atoms with Crippen molar-refractivity contribution in [1.29, 1.82) is 0 Å². The van der Waals surface area contributed by atoms with Gasteiger partial charge in [0.15, 0.2) is 0 Å². The van der Waals surface area contributed by atoms with E-state index in [9.17, 15) is 4.79 Å². The molecule has 21 heavy (non-hydrogen) atoms. The van der Waals surface area contributed by atoms with Gasteiger partial charge in [-0.3, -0.25) is 9.78 Å². The number of aromatic amines is 1. The third-order valence-corrected chi connectivity index (χ3v) is 3.20. The zero-order valence-electron chi connectivity index (χ0n) is 12.7.